The zero-order chi connectivity index (χ0) is 27.7. The van der Waals surface area contributed by atoms with Gasteiger partial charge in [-0.3, -0.25) is 4.79 Å². The lowest BCUT2D eigenvalue weighted by molar-refractivity contribution is 0.100. The number of fused-ring (bicyclic) bond motifs is 1. The number of hydrogen-bond donors (Lipinski definition) is 2. The Hall–Kier alpha value is -3.96. The van der Waals surface area contributed by atoms with Crippen LogP contribution in [0.5, 0.6) is 11.5 Å². The standard InChI is InChI=1S/C28H31FN6O3S/c1-16(2)38-22-14-18(35-11-9-34(3)10-12-35)6-8-20(22)32-28-31-15-23-25(33-28)24(26(39-23)27(30)36)17-5-7-19(29)21(13-17)37-4/h5-8,13-16H,9-12H2,1-4H3,(H2,30,36)(H,31,32,33). The van der Waals surface area contributed by atoms with Crippen LogP contribution in [0.25, 0.3) is 21.3 Å². The number of primary amides is 1. The summed E-state index contributed by atoms with van der Waals surface area (Å²) in [6.45, 7) is 7.86. The van der Waals surface area contributed by atoms with Crippen molar-refractivity contribution in [3.05, 3.63) is 53.3 Å². The summed E-state index contributed by atoms with van der Waals surface area (Å²) in [6.07, 6.45) is 1.61. The van der Waals surface area contributed by atoms with Crippen molar-refractivity contribution in [3.63, 3.8) is 0 Å². The zero-order valence-corrected chi connectivity index (χ0v) is 23.1. The number of benzene rings is 2. The number of nitrogens with one attached hydrogen (secondary N) is 1. The van der Waals surface area contributed by atoms with E-state index in [1.165, 1.54) is 30.6 Å². The molecule has 204 valence electrons. The van der Waals surface area contributed by atoms with Gasteiger partial charge in [-0.1, -0.05) is 6.07 Å². The van der Waals surface area contributed by atoms with Gasteiger partial charge in [0.1, 0.15) is 10.6 Å². The van der Waals surface area contributed by atoms with Crippen LogP contribution in [-0.4, -0.2) is 67.2 Å². The van der Waals surface area contributed by atoms with Gasteiger partial charge in [0.15, 0.2) is 11.6 Å². The van der Waals surface area contributed by atoms with Crippen LogP contribution >= 0.6 is 11.3 Å². The molecule has 0 bridgehead atoms. The number of rotatable bonds is 8. The van der Waals surface area contributed by atoms with Crippen LogP contribution in [-0.2, 0) is 0 Å². The molecule has 2 aromatic carbocycles. The molecule has 0 spiro atoms. The van der Waals surface area contributed by atoms with Gasteiger partial charge >= 0.3 is 0 Å². The number of nitrogens with two attached hydrogens (primary N) is 1. The summed E-state index contributed by atoms with van der Waals surface area (Å²) in [7, 11) is 3.52. The minimum absolute atomic E-state index is 0.0354. The maximum absolute atomic E-state index is 14.1. The number of amides is 1. The van der Waals surface area contributed by atoms with E-state index in [0.717, 1.165) is 37.6 Å². The second-order valence-electron chi connectivity index (χ2n) is 9.69. The first-order valence-electron chi connectivity index (χ1n) is 12.7. The minimum Gasteiger partial charge on any atom is -0.494 e. The predicted molar refractivity (Wildman–Crippen MR) is 153 cm³/mol. The highest BCUT2D eigenvalue weighted by Crippen LogP contribution is 2.40. The summed E-state index contributed by atoms with van der Waals surface area (Å²) in [6, 6.07) is 10.5. The lowest BCUT2D eigenvalue weighted by Crippen LogP contribution is -2.44. The molecule has 3 N–H and O–H groups in total. The first kappa shape index (κ1) is 26.6. The average molecular weight is 551 g/mol. The Bertz CT molecular complexity index is 1520. The molecule has 9 nitrogen and oxygen atoms in total. The van der Waals surface area contributed by atoms with Gasteiger partial charge in [-0.15, -0.1) is 11.3 Å². The van der Waals surface area contributed by atoms with E-state index < -0.39 is 11.7 Å². The van der Waals surface area contributed by atoms with Crippen molar-refractivity contribution in [2.75, 3.05) is 50.6 Å². The van der Waals surface area contributed by atoms with E-state index in [1.807, 2.05) is 26.0 Å². The molecule has 1 fully saturated rings. The van der Waals surface area contributed by atoms with Crippen molar-refractivity contribution in [2.24, 2.45) is 5.73 Å². The van der Waals surface area contributed by atoms with Gasteiger partial charge in [0.05, 0.1) is 35.3 Å². The summed E-state index contributed by atoms with van der Waals surface area (Å²) < 4.78 is 26.1. The Morgan fingerprint density at radius 1 is 1.13 bits per heavy atom. The Kier molecular flexibility index (Phi) is 7.53. The van der Waals surface area contributed by atoms with Gasteiger partial charge < -0.3 is 30.3 Å². The SMILES string of the molecule is COc1cc(-c2c(C(N)=O)sc3cnc(Nc4ccc(N5CCN(C)CC5)cc4OC(C)C)nc23)ccc1F. The molecule has 3 heterocycles. The second kappa shape index (κ2) is 11.0. The molecule has 0 radical (unpaired) electrons. The van der Waals surface area contributed by atoms with E-state index in [0.29, 0.717) is 37.9 Å². The van der Waals surface area contributed by atoms with Gasteiger partial charge in [0, 0.05) is 43.5 Å². The predicted octanol–water partition coefficient (Wildman–Crippen LogP) is 4.89. The number of thiophene rings is 1. The third-order valence-electron chi connectivity index (χ3n) is 6.54. The Balaban J connectivity index is 1.53. The third kappa shape index (κ3) is 5.59. The minimum atomic E-state index is -0.599. The number of piperazine rings is 1. The van der Waals surface area contributed by atoms with Crippen LogP contribution in [0.2, 0.25) is 0 Å². The lowest BCUT2D eigenvalue weighted by Gasteiger charge is -2.34. The fourth-order valence-corrected chi connectivity index (χ4v) is 5.54. The zero-order valence-electron chi connectivity index (χ0n) is 22.3. The Morgan fingerprint density at radius 3 is 2.59 bits per heavy atom. The first-order valence-corrected chi connectivity index (χ1v) is 13.5. The number of methoxy groups -OCH3 is 1. The monoisotopic (exact) mass is 550 g/mol. The van der Waals surface area contributed by atoms with E-state index in [9.17, 15) is 9.18 Å². The van der Waals surface area contributed by atoms with Crippen LogP contribution < -0.4 is 25.4 Å². The highest BCUT2D eigenvalue weighted by Gasteiger charge is 2.22. The van der Waals surface area contributed by atoms with Crippen LogP contribution in [0.1, 0.15) is 23.5 Å². The summed E-state index contributed by atoms with van der Waals surface area (Å²) in [5.74, 6) is -0.0241. The number of carbonyl (C=O) groups is 1. The maximum atomic E-state index is 14.1. The van der Waals surface area contributed by atoms with Gasteiger partial charge in [0.25, 0.3) is 5.91 Å². The molecular weight excluding hydrogens is 519 g/mol. The van der Waals surface area contributed by atoms with Crippen molar-refractivity contribution < 1.29 is 18.7 Å². The number of hydrogen-bond acceptors (Lipinski definition) is 9. The largest absolute Gasteiger partial charge is 0.494 e. The van der Waals surface area contributed by atoms with Gasteiger partial charge in [-0.05, 0) is 50.7 Å². The van der Waals surface area contributed by atoms with E-state index in [-0.39, 0.29) is 11.9 Å². The molecule has 4 aromatic rings. The molecule has 0 unspecified atom stereocenters. The Labute approximate surface area is 230 Å². The van der Waals surface area contributed by atoms with Crippen LogP contribution in [0, 0.1) is 5.82 Å². The molecule has 2 aromatic heterocycles. The van der Waals surface area contributed by atoms with Crippen molar-refractivity contribution >= 4 is 44.8 Å². The molecule has 1 aliphatic heterocycles. The molecule has 39 heavy (non-hydrogen) atoms. The number of aromatic nitrogens is 2. The quantitative estimate of drug-likeness (QED) is 0.320. The van der Waals surface area contributed by atoms with Gasteiger partial charge in [-0.25, -0.2) is 14.4 Å². The molecule has 0 aliphatic carbocycles. The Morgan fingerprint density at radius 2 is 1.90 bits per heavy atom. The van der Waals surface area contributed by atoms with Gasteiger partial charge in [0.2, 0.25) is 5.95 Å². The van der Waals surface area contributed by atoms with E-state index in [1.54, 1.807) is 12.3 Å². The summed E-state index contributed by atoms with van der Waals surface area (Å²) in [4.78, 5) is 26.5. The van der Waals surface area contributed by atoms with Crippen molar-refractivity contribution in [1.82, 2.24) is 14.9 Å². The van der Waals surface area contributed by atoms with Crippen LogP contribution in [0.3, 0.4) is 0 Å². The normalized spacial score (nSPS) is 14.2. The van der Waals surface area contributed by atoms with E-state index >= 15 is 0 Å². The number of likely N-dealkylation sites (N-methyl/N-ethyl adjacent to an activating group) is 1. The number of nitrogens with zero attached hydrogens (tertiary/aromatic N) is 4. The fourth-order valence-electron chi connectivity index (χ4n) is 4.56. The lowest BCUT2D eigenvalue weighted by atomic mass is 10.0. The third-order valence-corrected chi connectivity index (χ3v) is 7.67. The fraction of sp³-hybridized carbons (Fsp3) is 0.321. The highest BCUT2D eigenvalue weighted by atomic mass is 32.1. The summed E-state index contributed by atoms with van der Waals surface area (Å²) in [5.41, 5.74) is 9.13. The van der Waals surface area contributed by atoms with Crippen molar-refractivity contribution in [3.8, 4) is 22.6 Å². The molecule has 5 rings (SSSR count). The average Bonchev–Trinajstić information content (AvgIpc) is 3.29. The van der Waals surface area contributed by atoms with Crippen molar-refractivity contribution in [1.29, 1.82) is 0 Å². The smallest absolute Gasteiger partial charge is 0.259 e. The van der Waals surface area contributed by atoms with Crippen LogP contribution in [0.4, 0.5) is 21.7 Å². The molecule has 1 amide bonds. The summed E-state index contributed by atoms with van der Waals surface area (Å²) in [5, 5.41) is 3.29. The number of halogens is 1. The molecule has 11 heteroatoms. The molecular formula is C28H31FN6O3S. The topological polar surface area (TPSA) is 106 Å². The van der Waals surface area contributed by atoms with E-state index in [4.69, 9.17) is 20.2 Å². The van der Waals surface area contributed by atoms with E-state index in [2.05, 4.69) is 33.2 Å². The number of carbonyl (C=O) groups excluding carboxylic acids is 1. The number of anilines is 3. The maximum Gasteiger partial charge on any atom is 0.259 e. The van der Waals surface area contributed by atoms with Crippen LogP contribution in [0.15, 0.2) is 42.6 Å². The molecule has 0 atom stereocenters. The first-order chi connectivity index (χ1) is 18.7. The number of ether oxygens (including phenoxy) is 2. The second-order valence-corrected chi connectivity index (χ2v) is 10.7. The molecule has 0 saturated carbocycles. The van der Waals surface area contributed by atoms with Gasteiger partial charge in [-0.2, -0.15) is 0 Å². The molecule has 1 aliphatic rings. The summed E-state index contributed by atoms with van der Waals surface area (Å²) >= 11 is 1.19. The van der Waals surface area contributed by atoms with Crippen molar-refractivity contribution in [2.45, 2.75) is 20.0 Å². The highest BCUT2D eigenvalue weighted by molar-refractivity contribution is 7.21. The molecule has 1 saturated heterocycles.